The van der Waals surface area contributed by atoms with Crippen molar-refractivity contribution in [2.45, 2.75) is 52.2 Å². The summed E-state index contributed by atoms with van der Waals surface area (Å²) in [5.41, 5.74) is 0.793. The van der Waals surface area contributed by atoms with E-state index in [1.807, 2.05) is 12.1 Å². The zero-order valence-electron chi connectivity index (χ0n) is 13.2. The Bertz CT molecular complexity index is 466. The van der Waals surface area contributed by atoms with E-state index >= 15 is 0 Å². The lowest BCUT2D eigenvalue weighted by atomic mass is 9.94. The highest BCUT2D eigenvalue weighted by Gasteiger charge is 2.29. The summed E-state index contributed by atoms with van der Waals surface area (Å²) in [4.78, 5) is 2.44. The van der Waals surface area contributed by atoms with Crippen LogP contribution in [0.25, 0.3) is 0 Å². The molecule has 1 saturated heterocycles. The molecule has 0 spiro atoms. The molecule has 1 aliphatic heterocycles. The molecule has 1 N–H and O–H groups in total. The van der Waals surface area contributed by atoms with Crippen LogP contribution in [-0.2, 0) is 6.54 Å². The van der Waals surface area contributed by atoms with Gasteiger partial charge in [0.2, 0.25) is 0 Å². The van der Waals surface area contributed by atoms with Gasteiger partial charge in [0.1, 0.15) is 5.82 Å². The number of halogens is 2. The van der Waals surface area contributed by atoms with Crippen molar-refractivity contribution in [1.29, 1.82) is 0 Å². The van der Waals surface area contributed by atoms with Crippen LogP contribution in [0.3, 0.4) is 0 Å². The number of piperazine rings is 1. The molecule has 0 radical (unpaired) electrons. The molecule has 1 aromatic rings. The maximum Gasteiger partial charge on any atom is 0.128 e. The molecule has 0 aromatic heterocycles. The summed E-state index contributed by atoms with van der Waals surface area (Å²) >= 11 is 3.32. The minimum Gasteiger partial charge on any atom is -0.311 e. The second-order valence-corrected chi connectivity index (χ2v) is 7.04. The molecular formula is C17H26BrFN2. The van der Waals surface area contributed by atoms with Crippen molar-refractivity contribution < 1.29 is 4.39 Å². The van der Waals surface area contributed by atoms with E-state index in [1.54, 1.807) is 6.07 Å². The SMILES string of the molecule is CCC(C)C1CN(Cc2ccc(Br)cc2F)C(CC)CN1. The number of rotatable bonds is 5. The van der Waals surface area contributed by atoms with Crippen LogP contribution < -0.4 is 5.32 Å². The van der Waals surface area contributed by atoms with E-state index in [9.17, 15) is 4.39 Å². The fraction of sp³-hybridized carbons (Fsp3) is 0.647. The molecule has 3 atom stereocenters. The van der Waals surface area contributed by atoms with Crippen LogP contribution in [-0.4, -0.2) is 30.1 Å². The smallest absolute Gasteiger partial charge is 0.128 e. The Labute approximate surface area is 136 Å². The molecule has 4 heteroatoms. The lowest BCUT2D eigenvalue weighted by Crippen LogP contribution is -2.57. The van der Waals surface area contributed by atoms with Crippen LogP contribution in [0, 0.1) is 11.7 Å². The predicted octanol–water partition coefficient (Wildman–Crippen LogP) is 4.19. The molecule has 1 heterocycles. The van der Waals surface area contributed by atoms with Gasteiger partial charge in [0, 0.05) is 41.8 Å². The van der Waals surface area contributed by atoms with Gasteiger partial charge < -0.3 is 5.32 Å². The van der Waals surface area contributed by atoms with Crippen LogP contribution in [0.4, 0.5) is 4.39 Å². The number of nitrogens with one attached hydrogen (secondary N) is 1. The van der Waals surface area contributed by atoms with Crippen LogP contribution in [0.5, 0.6) is 0 Å². The van der Waals surface area contributed by atoms with Crippen molar-refractivity contribution in [3.63, 3.8) is 0 Å². The summed E-state index contributed by atoms with van der Waals surface area (Å²) in [5, 5.41) is 3.67. The summed E-state index contributed by atoms with van der Waals surface area (Å²) in [5.74, 6) is 0.540. The zero-order valence-corrected chi connectivity index (χ0v) is 14.8. The van der Waals surface area contributed by atoms with Crippen LogP contribution in [0.2, 0.25) is 0 Å². The van der Waals surface area contributed by atoms with E-state index in [2.05, 4.69) is 46.9 Å². The first kappa shape index (κ1) is 16.9. The molecule has 2 nitrogen and oxygen atoms in total. The third-order valence-corrected chi connectivity index (χ3v) is 5.25. The van der Waals surface area contributed by atoms with Crippen LogP contribution >= 0.6 is 15.9 Å². The van der Waals surface area contributed by atoms with Crippen molar-refractivity contribution in [3.8, 4) is 0 Å². The third-order valence-electron chi connectivity index (χ3n) is 4.75. The summed E-state index contributed by atoms with van der Waals surface area (Å²) in [6, 6.07) is 6.38. The van der Waals surface area contributed by atoms with Crippen LogP contribution in [0.15, 0.2) is 22.7 Å². The Hall–Kier alpha value is -0.450. The minimum absolute atomic E-state index is 0.113. The Morgan fingerprint density at radius 3 is 2.81 bits per heavy atom. The number of hydrogen-bond acceptors (Lipinski definition) is 2. The minimum atomic E-state index is -0.113. The van der Waals surface area contributed by atoms with Crippen molar-refractivity contribution in [2.75, 3.05) is 13.1 Å². The fourth-order valence-corrected chi connectivity index (χ4v) is 3.35. The monoisotopic (exact) mass is 356 g/mol. The van der Waals surface area contributed by atoms with E-state index in [0.717, 1.165) is 29.5 Å². The molecule has 2 rings (SSSR count). The van der Waals surface area contributed by atoms with E-state index in [1.165, 1.54) is 6.42 Å². The molecule has 118 valence electrons. The highest BCUT2D eigenvalue weighted by Crippen LogP contribution is 2.22. The quantitative estimate of drug-likeness (QED) is 0.850. The molecule has 1 aromatic carbocycles. The van der Waals surface area contributed by atoms with Gasteiger partial charge >= 0.3 is 0 Å². The van der Waals surface area contributed by atoms with Gasteiger partial charge in [-0.05, 0) is 24.5 Å². The second kappa shape index (κ2) is 7.70. The van der Waals surface area contributed by atoms with Crippen molar-refractivity contribution in [1.82, 2.24) is 10.2 Å². The van der Waals surface area contributed by atoms with Gasteiger partial charge in [0.25, 0.3) is 0 Å². The van der Waals surface area contributed by atoms with Gasteiger partial charge in [-0.1, -0.05) is 49.2 Å². The molecule has 0 aliphatic carbocycles. The van der Waals surface area contributed by atoms with E-state index in [0.29, 0.717) is 24.5 Å². The third kappa shape index (κ3) is 4.27. The average molecular weight is 357 g/mol. The van der Waals surface area contributed by atoms with Crippen LogP contribution in [0.1, 0.15) is 39.2 Å². The van der Waals surface area contributed by atoms with Gasteiger partial charge in [-0.25, -0.2) is 4.39 Å². The summed E-state index contributed by atoms with van der Waals surface area (Å²) in [7, 11) is 0. The standard InChI is InChI=1S/C17H26BrFN2/c1-4-12(3)17-11-21(15(5-2)9-20-17)10-13-6-7-14(18)8-16(13)19/h6-8,12,15,17,20H,4-5,9-11H2,1-3H3. The molecule has 21 heavy (non-hydrogen) atoms. The second-order valence-electron chi connectivity index (χ2n) is 6.13. The fourth-order valence-electron chi connectivity index (χ4n) is 3.01. The topological polar surface area (TPSA) is 15.3 Å². The highest BCUT2D eigenvalue weighted by atomic mass is 79.9. The van der Waals surface area contributed by atoms with Gasteiger partial charge in [0.05, 0.1) is 0 Å². The Morgan fingerprint density at radius 1 is 1.43 bits per heavy atom. The molecule has 0 amide bonds. The highest BCUT2D eigenvalue weighted by molar-refractivity contribution is 9.10. The average Bonchev–Trinajstić information content (AvgIpc) is 2.49. The van der Waals surface area contributed by atoms with Crippen molar-refractivity contribution >= 4 is 15.9 Å². The number of benzene rings is 1. The first-order valence-corrected chi connectivity index (χ1v) is 8.75. The van der Waals surface area contributed by atoms with Gasteiger partial charge in [-0.2, -0.15) is 0 Å². The summed E-state index contributed by atoms with van der Waals surface area (Å²) < 4.78 is 14.9. The number of hydrogen-bond donors (Lipinski definition) is 1. The first-order chi connectivity index (χ1) is 10.0. The lowest BCUT2D eigenvalue weighted by molar-refractivity contribution is 0.0982. The van der Waals surface area contributed by atoms with Crippen molar-refractivity contribution in [2.24, 2.45) is 5.92 Å². The molecule has 3 unspecified atom stereocenters. The Morgan fingerprint density at radius 2 is 2.19 bits per heavy atom. The predicted molar refractivity (Wildman–Crippen MR) is 89.8 cm³/mol. The van der Waals surface area contributed by atoms with E-state index in [-0.39, 0.29) is 5.82 Å². The van der Waals surface area contributed by atoms with Gasteiger partial charge in [-0.15, -0.1) is 0 Å². The van der Waals surface area contributed by atoms with Gasteiger partial charge in [-0.3, -0.25) is 4.90 Å². The molecular weight excluding hydrogens is 331 g/mol. The molecule has 0 bridgehead atoms. The van der Waals surface area contributed by atoms with Crippen molar-refractivity contribution in [3.05, 3.63) is 34.1 Å². The number of nitrogens with zero attached hydrogens (tertiary/aromatic N) is 1. The summed E-state index contributed by atoms with van der Waals surface area (Å²) in [6.07, 6.45) is 2.27. The summed E-state index contributed by atoms with van der Waals surface area (Å²) in [6.45, 7) is 9.44. The van der Waals surface area contributed by atoms with Gasteiger partial charge in [0.15, 0.2) is 0 Å². The zero-order chi connectivity index (χ0) is 15.4. The molecule has 0 saturated carbocycles. The lowest BCUT2D eigenvalue weighted by Gasteiger charge is -2.42. The normalized spacial score (nSPS) is 25.0. The van der Waals surface area contributed by atoms with E-state index in [4.69, 9.17) is 0 Å². The molecule has 1 aliphatic rings. The largest absolute Gasteiger partial charge is 0.311 e. The Kier molecular flexibility index (Phi) is 6.20. The Balaban J connectivity index is 2.10. The maximum absolute atomic E-state index is 14.1. The molecule has 1 fully saturated rings. The first-order valence-electron chi connectivity index (χ1n) is 7.96. The maximum atomic E-state index is 14.1. The van der Waals surface area contributed by atoms with E-state index < -0.39 is 0 Å².